The van der Waals surface area contributed by atoms with Gasteiger partial charge in [-0.25, -0.2) is 0 Å². The van der Waals surface area contributed by atoms with E-state index >= 15 is 0 Å². The number of ether oxygens (including phenoxy) is 2. The smallest absolute Gasteiger partial charge is 0.274 e. The monoisotopic (exact) mass is 353 g/mol. The molecule has 26 heavy (non-hydrogen) atoms. The predicted molar refractivity (Wildman–Crippen MR) is 100 cm³/mol. The molecule has 0 unspecified atom stereocenters. The van der Waals surface area contributed by atoms with E-state index in [0.29, 0.717) is 18.9 Å². The van der Waals surface area contributed by atoms with E-state index in [0.717, 1.165) is 42.2 Å². The molecule has 2 aliphatic heterocycles. The number of nitrogens with zero attached hydrogens (tertiary/aromatic N) is 2. The summed E-state index contributed by atoms with van der Waals surface area (Å²) in [6.07, 6.45) is 2.44. The quantitative estimate of drug-likeness (QED) is 0.919. The number of aromatic nitrogens is 1. The summed E-state index contributed by atoms with van der Waals surface area (Å²) < 4.78 is 11.6. The zero-order valence-corrected chi connectivity index (χ0v) is 15.1. The van der Waals surface area contributed by atoms with Crippen LogP contribution in [0.4, 0.5) is 11.4 Å². The molecule has 0 bridgehead atoms. The van der Waals surface area contributed by atoms with E-state index in [9.17, 15) is 4.79 Å². The molecular weight excluding hydrogens is 330 g/mol. The Morgan fingerprint density at radius 2 is 2.04 bits per heavy atom. The zero-order valence-electron chi connectivity index (χ0n) is 15.1. The highest BCUT2D eigenvalue weighted by atomic mass is 16.5. The van der Waals surface area contributed by atoms with Crippen molar-refractivity contribution in [2.45, 2.75) is 25.9 Å². The van der Waals surface area contributed by atoms with Crippen LogP contribution in [0.2, 0.25) is 0 Å². The third-order valence-electron chi connectivity index (χ3n) is 4.68. The summed E-state index contributed by atoms with van der Waals surface area (Å²) >= 11 is 0. The number of fused-ring (bicyclic) bond motifs is 1. The van der Waals surface area contributed by atoms with Crippen LogP contribution in [-0.4, -0.2) is 42.8 Å². The zero-order chi connectivity index (χ0) is 18.1. The van der Waals surface area contributed by atoms with Crippen LogP contribution in [0.5, 0.6) is 5.75 Å². The predicted octanol–water partition coefficient (Wildman–Crippen LogP) is 2.88. The molecule has 2 aromatic rings. The molecule has 4 rings (SSSR count). The lowest BCUT2D eigenvalue weighted by atomic mass is 10.0. The summed E-state index contributed by atoms with van der Waals surface area (Å²) in [5, 5.41) is 3.04. The van der Waals surface area contributed by atoms with Gasteiger partial charge in [0.05, 0.1) is 24.6 Å². The first-order valence-corrected chi connectivity index (χ1v) is 8.93. The minimum Gasteiger partial charge on any atom is -0.487 e. The first-order valence-electron chi connectivity index (χ1n) is 8.93. The lowest BCUT2D eigenvalue weighted by molar-refractivity contribution is 0.102. The third-order valence-corrected chi connectivity index (χ3v) is 4.68. The average molecular weight is 353 g/mol. The maximum Gasteiger partial charge on any atom is 0.274 e. The minimum absolute atomic E-state index is 0.210. The van der Waals surface area contributed by atoms with Gasteiger partial charge in [0.25, 0.3) is 5.91 Å². The molecule has 1 aromatic carbocycles. The number of rotatable bonds is 3. The minimum atomic E-state index is -0.228. The van der Waals surface area contributed by atoms with Gasteiger partial charge in [-0.3, -0.25) is 9.78 Å². The number of carbonyl (C=O) groups is 1. The van der Waals surface area contributed by atoms with Gasteiger partial charge in [-0.05, 0) is 32.0 Å². The Bertz CT molecular complexity index is 815. The molecule has 136 valence electrons. The fourth-order valence-electron chi connectivity index (χ4n) is 3.49. The summed E-state index contributed by atoms with van der Waals surface area (Å²) in [6.45, 7) is 7.08. The normalized spacial score (nSPS) is 18.2. The number of amides is 1. The van der Waals surface area contributed by atoms with Crippen molar-refractivity contribution in [3.63, 3.8) is 0 Å². The first kappa shape index (κ1) is 16.8. The van der Waals surface area contributed by atoms with Crippen LogP contribution < -0.4 is 15.0 Å². The number of benzene rings is 1. The Kier molecular flexibility index (Phi) is 4.28. The molecule has 6 heteroatoms. The molecule has 0 aliphatic carbocycles. The largest absolute Gasteiger partial charge is 0.487 e. The van der Waals surface area contributed by atoms with Crippen molar-refractivity contribution in [3.05, 3.63) is 47.8 Å². The van der Waals surface area contributed by atoms with Crippen LogP contribution in [-0.2, 0) is 11.2 Å². The van der Waals surface area contributed by atoms with Crippen LogP contribution in [0.25, 0.3) is 0 Å². The number of carbonyl (C=O) groups excluding carboxylic acids is 1. The van der Waals surface area contributed by atoms with E-state index < -0.39 is 0 Å². The number of nitrogens with one attached hydrogen (secondary N) is 1. The Morgan fingerprint density at radius 3 is 2.77 bits per heavy atom. The highest BCUT2D eigenvalue weighted by Gasteiger charge is 2.32. The van der Waals surface area contributed by atoms with Gasteiger partial charge >= 0.3 is 0 Å². The molecule has 0 radical (unpaired) electrons. The van der Waals surface area contributed by atoms with E-state index in [-0.39, 0.29) is 11.5 Å². The van der Waals surface area contributed by atoms with Crippen molar-refractivity contribution in [1.29, 1.82) is 0 Å². The fourth-order valence-corrected chi connectivity index (χ4v) is 3.49. The summed E-state index contributed by atoms with van der Waals surface area (Å²) in [6, 6.07) is 9.40. The van der Waals surface area contributed by atoms with E-state index in [1.807, 2.05) is 18.2 Å². The van der Waals surface area contributed by atoms with Crippen LogP contribution in [0.15, 0.2) is 36.5 Å². The summed E-state index contributed by atoms with van der Waals surface area (Å²) in [4.78, 5) is 19.0. The number of anilines is 2. The Labute approximate surface area is 153 Å². The van der Waals surface area contributed by atoms with Gasteiger partial charge in [0, 0.05) is 37.3 Å². The second-order valence-corrected chi connectivity index (χ2v) is 7.28. The number of hydrogen-bond acceptors (Lipinski definition) is 5. The number of morpholine rings is 1. The van der Waals surface area contributed by atoms with Gasteiger partial charge in [-0.15, -0.1) is 0 Å². The van der Waals surface area contributed by atoms with Crippen molar-refractivity contribution < 1.29 is 14.3 Å². The van der Waals surface area contributed by atoms with Crippen molar-refractivity contribution in [2.75, 3.05) is 36.5 Å². The molecular formula is C20H23N3O3. The van der Waals surface area contributed by atoms with Gasteiger partial charge in [0.1, 0.15) is 17.0 Å². The van der Waals surface area contributed by atoms with Gasteiger partial charge in [-0.1, -0.05) is 6.07 Å². The molecule has 2 aliphatic rings. The molecule has 1 amide bonds. The van der Waals surface area contributed by atoms with Crippen molar-refractivity contribution in [1.82, 2.24) is 4.98 Å². The molecule has 0 atom stereocenters. The Morgan fingerprint density at radius 1 is 1.23 bits per heavy atom. The summed E-state index contributed by atoms with van der Waals surface area (Å²) in [7, 11) is 0. The lowest BCUT2D eigenvalue weighted by Gasteiger charge is -2.31. The van der Waals surface area contributed by atoms with E-state index in [4.69, 9.17) is 9.47 Å². The van der Waals surface area contributed by atoms with Gasteiger partial charge in [-0.2, -0.15) is 0 Å². The highest BCUT2D eigenvalue weighted by Crippen LogP contribution is 2.41. The lowest BCUT2D eigenvalue weighted by Crippen LogP contribution is -2.36. The third kappa shape index (κ3) is 3.37. The van der Waals surface area contributed by atoms with Gasteiger partial charge < -0.3 is 19.7 Å². The molecule has 6 nitrogen and oxygen atoms in total. The van der Waals surface area contributed by atoms with Crippen molar-refractivity contribution in [3.8, 4) is 5.75 Å². The highest BCUT2D eigenvalue weighted by molar-refractivity contribution is 6.05. The topological polar surface area (TPSA) is 63.7 Å². The SMILES string of the molecule is CC1(C)Cc2cc(NC(=O)c3ccccn3)c(N3CCOCC3)cc2O1. The number of pyridine rings is 1. The van der Waals surface area contributed by atoms with E-state index in [1.54, 1.807) is 18.3 Å². The van der Waals surface area contributed by atoms with Crippen LogP contribution >= 0.6 is 0 Å². The summed E-state index contributed by atoms with van der Waals surface area (Å²) in [5.41, 5.74) is 3.05. The van der Waals surface area contributed by atoms with Crippen molar-refractivity contribution in [2.24, 2.45) is 0 Å². The molecule has 1 N–H and O–H groups in total. The van der Waals surface area contributed by atoms with Crippen LogP contribution in [0, 0.1) is 0 Å². The molecule has 1 saturated heterocycles. The first-order chi connectivity index (χ1) is 12.5. The molecule has 1 aromatic heterocycles. The van der Waals surface area contributed by atoms with Gasteiger partial charge in [0.2, 0.25) is 0 Å². The van der Waals surface area contributed by atoms with E-state index in [2.05, 4.69) is 29.0 Å². The summed E-state index contributed by atoms with van der Waals surface area (Å²) in [5.74, 6) is 0.686. The second kappa shape index (κ2) is 6.61. The van der Waals surface area contributed by atoms with Gasteiger partial charge in [0.15, 0.2) is 0 Å². The van der Waals surface area contributed by atoms with Crippen LogP contribution in [0.1, 0.15) is 29.9 Å². The molecule has 3 heterocycles. The average Bonchev–Trinajstić information content (AvgIpc) is 2.95. The standard InChI is InChI=1S/C20H23N3O3/c1-20(2)13-14-11-16(22-19(24)15-5-3-4-6-21-15)17(12-18(14)26-20)23-7-9-25-10-8-23/h3-6,11-12H,7-10,13H2,1-2H3,(H,22,24). The molecule has 0 saturated carbocycles. The maximum atomic E-state index is 12.6. The van der Waals surface area contributed by atoms with Crippen molar-refractivity contribution >= 4 is 17.3 Å². The van der Waals surface area contributed by atoms with E-state index in [1.165, 1.54) is 0 Å². The van der Waals surface area contributed by atoms with Crippen LogP contribution in [0.3, 0.4) is 0 Å². The number of hydrogen-bond donors (Lipinski definition) is 1. The fraction of sp³-hybridized carbons (Fsp3) is 0.400. The Balaban J connectivity index is 1.68. The molecule has 0 spiro atoms. The molecule has 1 fully saturated rings. The maximum absolute atomic E-state index is 12.6. The second-order valence-electron chi connectivity index (χ2n) is 7.28. The Hall–Kier alpha value is -2.60.